The van der Waals surface area contributed by atoms with Crippen LogP contribution in [0.1, 0.15) is 99.8 Å². The van der Waals surface area contributed by atoms with Crippen LogP contribution in [0.3, 0.4) is 0 Å². The molecule has 37 heavy (non-hydrogen) atoms. The van der Waals surface area contributed by atoms with Gasteiger partial charge in [-0.25, -0.2) is 4.79 Å². The average molecular weight is 517 g/mol. The molecule has 208 valence electrons. The minimum Gasteiger partial charge on any atom is -0.478 e. The number of carbonyl (C=O) groups excluding carboxylic acids is 1. The van der Waals surface area contributed by atoms with Gasteiger partial charge in [-0.1, -0.05) is 39.3 Å². The first-order valence-corrected chi connectivity index (χ1v) is 14.3. The molecule has 0 spiro atoms. The number of aliphatic carboxylic acids is 1. The lowest BCUT2D eigenvalue weighted by Gasteiger charge is -2.69. The summed E-state index contributed by atoms with van der Waals surface area (Å²) in [7, 11) is 0. The maximum Gasteiger partial charge on any atom is 0.331 e. The number of hydrogen-bond donors (Lipinski definition) is 3. The number of esters is 1. The van der Waals surface area contributed by atoms with Crippen molar-refractivity contribution in [3.63, 3.8) is 0 Å². The molecule has 0 aromatic carbocycles. The van der Waals surface area contributed by atoms with Crippen molar-refractivity contribution in [1.82, 2.24) is 0 Å². The Bertz CT molecular complexity index is 994. The second-order valence-electron chi connectivity index (χ2n) is 13.6. The SMILES string of the molecule is CC(=O)O[C@@H]1C[C@]2(C)[C@H](C[C@H](O)[C@@H]3[C@]4(C)CC[C@H](O)[C@H](C)[C@@H]4CC[C@@]32C)/C1=C(\CCC=C(C)C)C(=O)O. The Balaban J connectivity index is 1.82. The summed E-state index contributed by atoms with van der Waals surface area (Å²) in [5, 5.41) is 32.9. The van der Waals surface area contributed by atoms with Crippen molar-refractivity contribution >= 4 is 11.9 Å². The number of rotatable bonds is 5. The Labute approximate surface area is 222 Å². The molecule has 0 unspecified atom stereocenters. The summed E-state index contributed by atoms with van der Waals surface area (Å²) < 4.78 is 5.87. The van der Waals surface area contributed by atoms with E-state index in [4.69, 9.17) is 4.74 Å². The van der Waals surface area contributed by atoms with E-state index in [0.717, 1.165) is 36.8 Å². The van der Waals surface area contributed by atoms with Crippen LogP contribution in [0.2, 0.25) is 0 Å². The number of aliphatic hydroxyl groups is 2. The number of allylic oxidation sites excluding steroid dienone is 2. The third-order valence-electron chi connectivity index (χ3n) is 11.6. The van der Waals surface area contributed by atoms with Crippen LogP contribution < -0.4 is 0 Å². The number of carboxylic acids is 1. The van der Waals surface area contributed by atoms with Crippen LogP contribution in [0.15, 0.2) is 22.8 Å². The molecular weight excluding hydrogens is 468 g/mol. The van der Waals surface area contributed by atoms with Gasteiger partial charge in [0.25, 0.3) is 0 Å². The molecule has 0 bridgehead atoms. The smallest absolute Gasteiger partial charge is 0.331 e. The van der Waals surface area contributed by atoms with E-state index in [-0.39, 0.29) is 40.1 Å². The maximum absolute atomic E-state index is 12.6. The van der Waals surface area contributed by atoms with E-state index >= 15 is 0 Å². The van der Waals surface area contributed by atoms with Gasteiger partial charge < -0.3 is 20.1 Å². The van der Waals surface area contributed by atoms with Crippen LogP contribution in [-0.4, -0.2) is 45.6 Å². The van der Waals surface area contributed by atoms with E-state index in [2.05, 4.69) is 27.7 Å². The van der Waals surface area contributed by atoms with E-state index in [1.165, 1.54) is 6.92 Å². The summed E-state index contributed by atoms with van der Waals surface area (Å²) in [4.78, 5) is 24.8. The Kier molecular flexibility index (Phi) is 7.53. The highest BCUT2D eigenvalue weighted by Gasteiger charge is 2.70. The zero-order valence-electron chi connectivity index (χ0n) is 23.8. The van der Waals surface area contributed by atoms with Gasteiger partial charge in [-0.2, -0.15) is 0 Å². The van der Waals surface area contributed by atoms with Crippen molar-refractivity contribution in [2.24, 2.45) is 39.9 Å². The summed E-state index contributed by atoms with van der Waals surface area (Å²) in [6, 6.07) is 0. The largest absolute Gasteiger partial charge is 0.478 e. The average Bonchev–Trinajstić information content (AvgIpc) is 3.05. The fourth-order valence-electron chi connectivity index (χ4n) is 9.79. The van der Waals surface area contributed by atoms with E-state index in [9.17, 15) is 24.9 Å². The van der Waals surface area contributed by atoms with Gasteiger partial charge in [-0.05, 0) is 111 Å². The summed E-state index contributed by atoms with van der Waals surface area (Å²) >= 11 is 0. The van der Waals surface area contributed by atoms with Crippen LogP contribution in [0.4, 0.5) is 0 Å². The Morgan fingerprint density at radius 2 is 1.70 bits per heavy atom. The number of ether oxygens (including phenoxy) is 1. The van der Waals surface area contributed by atoms with Crippen LogP contribution in [0.5, 0.6) is 0 Å². The molecule has 0 radical (unpaired) electrons. The van der Waals surface area contributed by atoms with Crippen molar-refractivity contribution in [2.45, 2.75) is 118 Å². The summed E-state index contributed by atoms with van der Waals surface area (Å²) in [6.45, 7) is 14.5. The number of carboxylic acid groups (broad SMARTS) is 1. The summed E-state index contributed by atoms with van der Waals surface area (Å²) in [5.41, 5.74) is 1.57. The molecule has 3 N–H and O–H groups in total. The van der Waals surface area contributed by atoms with Crippen molar-refractivity contribution in [3.8, 4) is 0 Å². The topological polar surface area (TPSA) is 104 Å². The van der Waals surface area contributed by atoms with E-state index in [0.29, 0.717) is 37.2 Å². The Morgan fingerprint density at radius 1 is 1.03 bits per heavy atom. The molecular formula is C31H48O6. The normalized spacial score (nSPS) is 46.2. The monoisotopic (exact) mass is 516 g/mol. The second-order valence-corrected chi connectivity index (χ2v) is 13.6. The predicted molar refractivity (Wildman–Crippen MR) is 143 cm³/mol. The van der Waals surface area contributed by atoms with Crippen LogP contribution in [-0.2, 0) is 14.3 Å². The van der Waals surface area contributed by atoms with Crippen LogP contribution in [0.25, 0.3) is 0 Å². The third kappa shape index (κ3) is 4.40. The highest BCUT2D eigenvalue weighted by molar-refractivity contribution is 5.88. The first-order valence-electron chi connectivity index (χ1n) is 14.3. The van der Waals surface area contributed by atoms with Gasteiger partial charge >= 0.3 is 11.9 Å². The molecule has 4 fully saturated rings. The molecule has 0 amide bonds. The number of fused-ring (bicyclic) bond motifs is 5. The van der Waals surface area contributed by atoms with Gasteiger partial charge in [0.2, 0.25) is 0 Å². The minimum atomic E-state index is -0.953. The molecule has 4 rings (SSSR count). The molecule has 0 aliphatic heterocycles. The zero-order valence-corrected chi connectivity index (χ0v) is 23.8. The quantitative estimate of drug-likeness (QED) is 0.247. The predicted octanol–water partition coefficient (Wildman–Crippen LogP) is 5.67. The molecule has 4 saturated carbocycles. The fraction of sp³-hybridized carbons (Fsp3) is 0.806. The van der Waals surface area contributed by atoms with E-state index in [1.54, 1.807) is 0 Å². The zero-order chi connectivity index (χ0) is 27.5. The molecule has 0 aromatic rings. The lowest BCUT2D eigenvalue weighted by Crippen LogP contribution is -2.65. The first-order chi connectivity index (χ1) is 17.2. The summed E-state index contributed by atoms with van der Waals surface area (Å²) in [5.74, 6) is -0.909. The van der Waals surface area contributed by atoms with Gasteiger partial charge in [0.15, 0.2) is 0 Å². The molecule has 6 heteroatoms. The van der Waals surface area contributed by atoms with E-state index in [1.807, 2.05) is 19.9 Å². The van der Waals surface area contributed by atoms with Gasteiger partial charge in [0, 0.05) is 12.5 Å². The lowest BCUT2D eigenvalue weighted by atomic mass is 9.36. The maximum atomic E-state index is 12.6. The molecule has 0 heterocycles. The second kappa shape index (κ2) is 9.82. The Hall–Kier alpha value is -1.66. The number of aliphatic hydroxyl groups excluding tert-OH is 2. The lowest BCUT2D eigenvalue weighted by molar-refractivity contribution is -0.234. The number of hydrogen-bond acceptors (Lipinski definition) is 5. The molecule has 10 atom stereocenters. The highest BCUT2D eigenvalue weighted by Crippen LogP contribution is 2.74. The minimum absolute atomic E-state index is 0.0474. The third-order valence-corrected chi connectivity index (χ3v) is 11.6. The fourth-order valence-corrected chi connectivity index (χ4v) is 9.79. The molecule has 0 aromatic heterocycles. The Morgan fingerprint density at radius 3 is 2.30 bits per heavy atom. The molecule has 0 saturated heterocycles. The first kappa shape index (κ1) is 28.4. The van der Waals surface area contributed by atoms with Crippen molar-refractivity contribution in [1.29, 1.82) is 0 Å². The van der Waals surface area contributed by atoms with Crippen LogP contribution in [0, 0.1) is 39.9 Å². The van der Waals surface area contributed by atoms with E-state index < -0.39 is 24.1 Å². The van der Waals surface area contributed by atoms with Crippen LogP contribution >= 0.6 is 0 Å². The van der Waals surface area contributed by atoms with Crippen molar-refractivity contribution in [2.75, 3.05) is 0 Å². The number of carbonyl (C=O) groups is 2. The molecule has 6 nitrogen and oxygen atoms in total. The van der Waals surface area contributed by atoms with Gasteiger partial charge in [0.1, 0.15) is 6.10 Å². The molecule has 4 aliphatic carbocycles. The standard InChI is InChI=1S/C31H48O6/c1-17(2)9-8-10-20(28(35)36)26-22-15-24(34)27-29(5)13-12-23(33)18(3)21(29)11-14-30(27,6)31(22,7)16-25(26)37-19(4)32/h9,18,21-25,27,33-34H,8,10-16H2,1-7H3,(H,35,36)/b26-20-/t18-,21+,22-,23+,24+,25-,27-,29-,30+,31-/m1/s1. The van der Waals surface area contributed by atoms with Crippen molar-refractivity contribution in [3.05, 3.63) is 22.8 Å². The summed E-state index contributed by atoms with van der Waals surface area (Å²) in [6.07, 6.45) is 6.22. The van der Waals surface area contributed by atoms with Crippen molar-refractivity contribution < 1.29 is 29.6 Å². The van der Waals surface area contributed by atoms with Gasteiger partial charge in [-0.3, -0.25) is 4.79 Å². The highest BCUT2D eigenvalue weighted by atomic mass is 16.5. The van der Waals surface area contributed by atoms with Gasteiger partial charge in [0.05, 0.1) is 12.2 Å². The molecule has 4 aliphatic rings. The van der Waals surface area contributed by atoms with Gasteiger partial charge in [-0.15, -0.1) is 0 Å².